The van der Waals surface area contributed by atoms with Crippen LogP contribution in [0, 0.1) is 0 Å². The Hall–Kier alpha value is -0.400. The zero-order valence-corrected chi connectivity index (χ0v) is 12.8. The molecule has 5 nitrogen and oxygen atoms in total. The summed E-state index contributed by atoms with van der Waals surface area (Å²) >= 11 is 0. The van der Waals surface area contributed by atoms with Gasteiger partial charge < -0.3 is 16.4 Å². The Morgan fingerprint density at radius 1 is 1.26 bits per heavy atom. The summed E-state index contributed by atoms with van der Waals surface area (Å²) in [6.07, 6.45) is 5.23. The fourth-order valence-electron chi connectivity index (χ4n) is 1.81. The molecule has 1 rings (SSSR count). The van der Waals surface area contributed by atoms with Crippen LogP contribution in [0.15, 0.2) is 0 Å². The zero-order valence-electron chi connectivity index (χ0n) is 11.2. The van der Waals surface area contributed by atoms with E-state index in [-0.39, 0.29) is 18.4 Å². The number of hydrogen-bond acceptors (Lipinski definition) is 5. The number of hydrogen-bond donors (Lipinski definition) is 3. The molecule has 0 radical (unpaired) electrons. The van der Waals surface area contributed by atoms with Crippen LogP contribution in [0.25, 0.3) is 0 Å². The number of unbranched alkanes of at least 4 members (excludes halogenated alkanes) is 1. The summed E-state index contributed by atoms with van der Waals surface area (Å²) in [6.45, 7) is 1.28. The van der Waals surface area contributed by atoms with E-state index in [1.807, 2.05) is 21.6 Å². The zero-order chi connectivity index (χ0) is 13.9. The highest BCUT2D eigenvalue weighted by Crippen LogP contribution is 2.39. The fourth-order valence-corrected chi connectivity index (χ4v) is 4.84. The van der Waals surface area contributed by atoms with Crippen molar-refractivity contribution in [2.45, 2.75) is 37.4 Å². The van der Waals surface area contributed by atoms with Crippen LogP contribution in [0.4, 0.5) is 0 Å². The first-order valence-electron chi connectivity index (χ1n) is 6.72. The Bertz CT molecular complexity index is 284. The van der Waals surface area contributed by atoms with Gasteiger partial charge in [0.15, 0.2) is 0 Å². The lowest BCUT2D eigenvalue weighted by molar-refractivity contribution is -0.121. The minimum atomic E-state index is -0.380. The topological polar surface area (TPSA) is 84.2 Å². The molecule has 110 valence electrons. The Labute approximate surface area is 122 Å². The minimum Gasteiger partial charge on any atom is -0.369 e. The number of primary amides is 1. The number of rotatable bonds is 10. The SMILES string of the molecule is NC(=O)CNCCNC(=O)CCCCC1CCSS1. The first kappa shape index (κ1) is 16.7. The van der Waals surface area contributed by atoms with Crippen molar-refractivity contribution in [3.05, 3.63) is 0 Å². The normalized spacial score (nSPS) is 18.4. The summed E-state index contributed by atoms with van der Waals surface area (Å²) < 4.78 is 0. The molecule has 0 bridgehead atoms. The molecule has 1 unspecified atom stereocenters. The number of carbonyl (C=O) groups excluding carboxylic acids is 2. The smallest absolute Gasteiger partial charge is 0.231 e. The highest BCUT2D eigenvalue weighted by atomic mass is 33.1. The molecular formula is C12H23N3O2S2. The van der Waals surface area contributed by atoms with Gasteiger partial charge in [0.25, 0.3) is 0 Å². The standard InChI is InChI=1S/C12H23N3O2S2/c13-11(16)9-14-6-7-15-12(17)4-2-1-3-10-5-8-18-19-10/h10,14H,1-9H2,(H2,13,16)(H,15,17). The van der Waals surface area contributed by atoms with Crippen LogP contribution in [0.1, 0.15) is 32.1 Å². The summed E-state index contributed by atoms with van der Waals surface area (Å²) in [4.78, 5) is 21.9. The summed E-state index contributed by atoms with van der Waals surface area (Å²) in [5.41, 5.74) is 4.98. The Morgan fingerprint density at radius 2 is 2.11 bits per heavy atom. The first-order chi connectivity index (χ1) is 9.18. The second-order valence-corrected chi connectivity index (χ2v) is 7.36. The third kappa shape index (κ3) is 9.18. The van der Waals surface area contributed by atoms with Crippen molar-refractivity contribution in [1.82, 2.24) is 10.6 Å². The number of nitrogens with one attached hydrogen (secondary N) is 2. The van der Waals surface area contributed by atoms with Gasteiger partial charge in [-0.15, -0.1) is 0 Å². The first-order valence-corrected chi connectivity index (χ1v) is 9.10. The molecule has 7 heteroatoms. The molecule has 1 aliphatic heterocycles. The van der Waals surface area contributed by atoms with Crippen LogP contribution in [-0.4, -0.2) is 42.5 Å². The lowest BCUT2D eigenvalue weighted by Gasteiger charge is -2.07. The van der Waals surface area contributed by atoms with Gasteiger partial charge in [-0.3, -0.25) is 9.59 Å². The minimum absolute atomic E-state index is 0.0920. The third-order valence-corrected chi connectivity index (χ3v) is 5.84. The van der Waals surface area contributed by atoms with E-state index in [1.165, 1.54) is 18.6 Å². The summed E-state index contributed by atoms with van der Waals surface area (Å²) in [5, 5.41) is 6.47. The molecule has 1 aliphatic rings. The molecule has 0 spiro atoms. The molecule has 4 N–H and O–H groups in total. The monoisotopic (exact) mass is 305 g/mol. The predicted molar refractivity (Wildman–Crippen MR) is 82.0 cm³/mol. The van der Waals surface area contributed by atoms with Crippen molar-refractivity contribution < 1.29 is 9.59 Å². The molecule has 0 saturated carbocycles. The molecule has 1 heterocycles. The van der Waals surface area contributed by atoms with Gasteiger partial charge in [0, 0.05) is 30.5 Å². The predicted octanol–water partition coefficient (Wildman–Crippen LogP) is 0.892. The van der Waals surface area contributed by atoms with E-state index in [0.717, 1.165) is 18.1 Å². The van der Waals surface area contributed by atoms with Gasteiger partial charge >= 0.3 is 0 Å². The van der Waals surface area contributed by atoms with E-state index in [2.05, 4.69) is 10.6 Å². The van der Waals surface area contributed by atoms with Crippen molar-refractivity contribution in [2.75, 3.05) is 25.4 Å². The molecule has 1 saturated heterocycles. The Kier molecular flexibility index (Phi) is 9.11. The van der Waals surface area contributed by atoms with Gasteiger partial charge in [-0.2, -0.15) is 0 Å². The van der Waals surface area contributed by atoms with Crippen molar-refractivity contribution in [3.8, 4) is 0 Å². The van der Waals surface area contributed by atoms with E-state index in [4.69, 9.17) is 5.73 Å². The number of amides is 2. The highest BCUT2D eigenvalue weighted by Gasteiger charge is 2.15. The van der Waals surface area contributed by atoms with Crippen molar-refractivity contribution >= 4 is 33.4 Å². The maximum absolute atomic E-state index is 11.5. The molecular weight excluding hydrogens is 282 g/mol. The van der Waals surface area contributed by atoms with Gasteiger partial charge in [-0.25, -0.2) is 0 Å². The van der Waals surface area contributed by atoms with Crippen LogP contribution in [-0.2, 0) is 9.59 Å². The average Bonchev–Trinajstić information content (AvgIpc) is 2.87. The molecule has 0 aromatic heterocycles. The molecule has 1 atom stereocenters. The maximum Gasteiger partial charge on any atom is 0.231 e. The molecule has 19 heavy (non-hydrogen) atoms. The van der Waals surface area contributed by atoms with Crippen LogP contribution in [0.3, 0.4) is 0 Å². The molecule has 1 fully saturated rings. The fraction of sp³-hybridized carbons (Fsp3) is 0.833. The van der Waals surface area contributed by atoms with E-state index in [1.54, 1.807) is 0 Å². The van der Waals surface area contributed by atoms with Crippen molar-refractivity contribution in [3.63, 3.8) is 0 Å². The van der Waals surface area contributed by atoms with Crippen LogP contribution in [0.5, 0.6) is 0 Å². The van der Waals surface area contributed by atoms with E-state index in [0.29, 0.717) is 19.5 Å². The number of carbonyl (C=O) groups is 2. The average molecular weight is 305 g/mol. The molecule has 2 amide bonds. The Morgan fingerprint density at radius 3 is 2.79 bits per heavy atom. The van der Waals surface area contributed by atoms with Gasteiger partial charge in [0.2, 0.25) is 11.8 Å². The van der Waals surface area contributed by atoms with E-state index < -0.39 is 0 Å². The third-order valence-electron chi connectivity index (χ3n) is 2.83. The molecule has 0 aromatic rings. The summed E-state index contributed by atoms with van der Waals surface area (Å²) in [5.74, 6) is 0.984. The highest BCUT2D eigenvalue weighted by molar-refractivity contribution is 8.77. The lowest BCUT2D eigenvalue weighted by Crippen LogP contribution is -2.35. The summed E-state index contributed by atoms with van der Waals surface area (Å²) in [6, 6.07) is 0. The van der Waals surface area contributed by atoms with E-state index in [9.17, 15) is 9.59 Å². The van der Waals surface area contributed by atoms with E-state index >= 15 is 0 Å². The van der Waals surface area contributed by atoms with Gasteiger partial charge in [-0.05, 0) is 19.3 Å². The molecule has 0 aromatic carbocycles. The summed E-state index contributed by atoms with van der Waals surface area (Å²) in [7, 11) is 3.95. The van der Waals surface area contributed by atoms with Gasteiger partial charge in [0.05, 0.1) is 6.54 Å². The maximum atomic E-state index is 11.5. The van der Waals surface area contributed by atoms with Crippen LogP contribution >= 0.6 is 21.6 Å². The van der Waals surface area contributed by atoms with Gasteiger partial charge in [0.1, 0.15) is 0 Å². The Balaban J connectivity index is 1.86. The number of nitrogens with two attached hydrogens (primary N) is 1. The largest absolute Gasteiger partial charge is 0.369 e. The second-order valence-electron chi connectivity index (χ2n) is 4.57. The van der Waals surface area contributed by atoms with Gasteiger partial charge in [-0.1, -0.05) is 28.0 Å². The van der Waals surface area contributed by atoms with Crippen LogP contribution < -0.4 is 16.4 Å². The second kappa shape index (κ2) is 10.4. The van der Waals surface area contributed by atoms with Crippen molar-refractivity contribution in [2.24, 2.45) is 5.73 Å². The quantitative estimate of drug-likeness (QED) is 0.412. The molecule has 0 aliphatic carbocycles. The lowest BCUT2D eigenvalue weighted by atomic mass is 10.1. The van der Waals surface area contributed by atoms with Crippen LogP contribution in [0.2, 0.25) is 0 Å². The van der Waals surface area contributed by atoms with Crippen molar-refractivity contribution in [1.29, 1.82) is 0 Å².